The van der Waals surface area contributed by atoms with Gasteiger partial charge < -0.3 is 65.1 Å². The van der Waals surface area contributed by atoms with E-state index in [9.17, 15) is 9.59 Å². The van der Waals surface area contributed by atoms with Crippen molar-refractivity contribution >= 4 is 106 Å². The van der Waals surface area contributed by atoms with Crippen LogP contribution in [0.3, 0.4) is 0 Å². The Bertz CT molecular complexity index is 3320. The van der Waals surface area contributed by atoms with Gasteiger partial charge in [0.1, 0.15) is 0 Å². The first-order valence-corrected chi connectivity index (χ1v) is 30.7. The molecule has 35 heteroatoms. The number of aromatic nitrogens is 15. The summed E-state index contributed by atoms with van der Waals surface area (Å²) < 4.78 is 21.8. The van der Waals surface area contributed by atoms with E-state index in [1.54, 1.807) is 51.4 Å². The summed E-state index contributed by atoms with van der Waals surface area (Å²) in [4.78, 5) is 49.3. The van der Waals surface area contributed by atoms with Crippen LogP contribution >= 0.6 is 34.0 Å². The highest BCUT2D eigenvalue weighted by molar-refractivity contribution is 7.19. The number of amides is 2. The van der Waals surface area contributed by atoms with Crippen molar-refractivity contribution in [1.29, 1.82) is 0 Å². The van der Waals surface area contributed by atoms with E-state index in [0.717, 1.165) is 112 Å². The molecule has 5 aliphatic heterocycles. The van der Waals surface area contributed by atoms with E-state index < -0.39 is 12.2 Å². The van der Waals surface area contributed by atoms with Crippen LogP contribution in [0.25, 0.3) is 0 Å². The fraction of sp³-hybridized carbons (Fsp3) is 0.453. The normalized spacial score (nSPS) is 18.9. The standard InChI is InChI=1S/2C22H27N9O3S.C9H12N8S/c2*1-33-17-12-31(13-17)16-5-3-4-14(10-16)18(34-2)19(32)26-22-29-28-21(35-22)25-15-6-9-30(11-15)20-23-7-8-24-27-20;10-7-14-16-9(18-7)13-6-1-4-17(5-6)8-11-2-3-12-15-8/h2*3-5,7-8,10,15,17-18H,6,9,11-13H2,1-2H3,(H,25,28)(H,26,29,32);2-3,6H,1,4-5H2,(H2,10,14)(H,13,16)/t15-,18+;15-,18-;6-/m111/s1. The highest BCUT2D eigenvalue weighted by atomic mass is 32.1. The Morgan fingerprint density at radius 2 is 0.852 bits per heavy atom. The SMILES string of the molecule is COC1CN(c2cccc([C@@H](OC)C(=O)Nc3nnc(N[C@@H]4CCN(c5nccnn5)C4)s3)c2)C1.COC1CN(c2cccc([C@H](OC)C(=O)Nc3nnc(N[C@@H]4CCN(c5nccnn5)C4)s3)c2)C1.Nc1nnc(N[C@@H]2CCN(c3nccnn3)C2)s1. The van der Waals surface area contributed by atoms with Gasteiger partial charge in [0.15, 0.2) is 12.2 Å². The molecule has 5 aliphatic rings. The molecule has 5 atom stereocenters. The van der Waals surface area contributed by atoms with Crippen molar-refractivity contribution in [3.05, 3.63) is 96.8 Å². The first-order valence-electron chi connectivity index (χ1n) is 28.2. The molecule has 2 aromatic carbocycles. The Hall–Kier alpha value is -8.87. The molecule has 6 aromatic heterocycles. The average Bonchev–Trinajstić information content (AvgIpc) is 3.45. The van der Waals surface area contributed by atoms with Gasteiger partial charge in [-0.25, -0.2) is 15.0 Å². The van der Waals surface area contributed by atoms with Crippen molar-refractivity contribution < 1.29 is 28.5 Å². The Balaban J connectivity index is 0.000000144. The van der Waals surface area contributed by atoms with Crippen molar-refractivity contribution in [1.82, 2.24) is 76.1 Å². The maximum Gasteiger partial charge on any atom is 0.259 e. The molecule has 0 unspecified atom stereocenters. The zero-order valence-corrected chi connectivity index (χ0v) is 51.0. The summed E-state index contributed by atoms with van der Waals surface area (Å²) in [6.07, 6.45) is 11.4. The van der Waals surface area contributed by atoms with E-state index in [4.69, 9.17) is 24.7 Å². The molecule has 11 heterocycles. The number of ether oxygens (including phenoxy) is 4. The number of nitrogen functional groups attached to an aromatic ring is 1. The number of carbonyl (C=O) groups excluding carboxylic acids is 2. The zero-order valence-electron chi connectivity index (χ0n) is 48.5. The number of rotatable bonds is 21. The van der Waals surface area contributed by atoms with Crippen LogP contribution in [-0.2, 0) is 28.5 Å². The number of nitrogens with zero attached hydrogens (tertiary/aromatic N) is 20. The van der Waals surface area contributed by atoms with Gasteiger partial charge in [-0.2, -0.15) is 15.3 Å². The predicted octanol–water partition coefficient (Wildman–Crippen LogP) is 3.15. The summed E-state index contributed by atoms with van der Waals surface area (Å²) in [5.41, 5.74) is 9.16. The van der Waals surface area contributed by atoms with Crippen LogP contribution in [0.2, 0.25) is 0 Å². The second-order valence-electron chi connectivity index (χ2n) is 20.8. The number of methoxy groups -OCH3 is 4. The number of nitrogens with two attached hydrogens (primary N) is 1. The summed E-state index contributed by atoms with van der Waals surface area (Å²) in [5, 5.41) is 67.1. The lowest BCUT2D eigenvalue weighted by Gasteiger charge is -2.40. The lowest BCUT2D eigenvalue weighted by atomic mass is 10.0. The quantitative estimate of drug-likeness (QED) is 0.0602. The number of anilines is 11. The average molecular weight is 1260 g/mol. The van der Waals surface area contributed by atoms with Crippen molar-refractivity contribution in [2.45, 2.75) is 61.8 Å². The van der Waals surface area contributed by atoms with Gasteiger partial charge >= 0.3 is 0 Å². The number of benzene rings is 2. The van der Waals surface area contributed by atoms with Crippen molar-refractivity contribution in [3.8, 4) is 0 Å². The second-order valence-corrected chi connectivity index (χ2v) is 23.7. The molecule has 8 aromatic rings. The van der Waals surface area contributed by atoms with Gasteiger partial charge in [-0.3, -0.25) is 20.2 Å². The minimum absolute atomic E-state index is 0.170. The molecule has 0 saturated carbocycles. The molecule has 5 fully saturated rings. The Labute approximate surface area is 517 Å². The van der Waals surface area contributed by atoms with Gasteiger partial charge in [0.05, 0.1) is 49.4 Å². The molecule has 462 valence electrons. The predicted molar refractivity (Wildman–Crippen MR) is 332 cm³/mol. The molecular weight excluding hydrogens is 1190 g/mol. The summed E-state index contributed by atoms with van der Waals surface area (Å²) >= 11 is 3.93. The molecule has 0 bridgehead atoms. The topological polar surface area (TPSA) is 367 Å². The maximum absolute atomic E-state index is 13.0. The Kier molecular flexibility index (Phi) is 20.2. The minimum atomic E-state index is -0.766. The van der Waals surface area contributed by atoms with Crippen LogP contribution < -0.4 is 56.8 Å². The number of hydrogen-bond acceptors (Lipinski definition) is 33. The fourth-order valence-electron chi connectivity index (χ4n) is 10.3. The van der Waals surface area contributed by atoms with E-state index in [-0.39, 0.29) is 36.1 Å². The van der Waals surface area contributed by atoms with Crippen LogP contribution in [0.5, 0.6) is 0 Å². The highest BCUT2D eigenvalue weighted by Gasteiger charge is 2.32. The third kappa shape index (κ3) is 15.6. The fourth-order valence-corrected chi connectivity index (χ4v) is 12.3. The van der Waals surface area contributed by atoms with Gasteiger partial charge in [-0.15, -0.1) is 45.9 Å². The Morgan fingerprint density at radius 3 is 1.19 bits per heavy atom. The van der Waals surface area contributed by atoms with Crippen LogP contribution in [0.15, 0.2) is 85.7 Å². The summed E-state index contributed by atoms with van der Waals surface area (Å²) in [7, 11) is 6.48. The van der Waals surface area contributed by atoms with E-state index in [1.165, 1.54) is 48.2 Å². The molecule has 5 saturated heterocycles. The van der Waals surface area contributed by atoms with E-state index in [1.807, 2.05) is 48.5 Å². The number of carbonyl (C=O) groups is 2. The monoisotopic (exact) mass is 1260 g/mol. The molecule has 7 N–H and O–H groups in total. The van der Waals surface area contributed by atoms with E-state index in [0.29, 0.717) is 49.5 Å². The molecule has 88 heavy (non-hydrogen) atoms. The van der Waals surface area contributed by atoms with Crippen LogP contribution in [0.4, 0.5) is 60.0 Å². The maximum atomic E-state index is 13.0. The van der Waals surface area contributed by atoms with Gasteiger partial charge in [-0.05, 0) is 54.7 Å². The number of hydrogen-bond donors (Lipinski definition) is 6. The molecule has 2 amide bonds. The molecule has 13 rings (SSSR count). The van der Waals surface area contributed by atoms with Crippen molar-refractivity contribution in [3.63, 3.8) is 0 Å². The Morgan fingerprint density at radius 1 is 0.477 bits per heavy atom. The summed E-state index contributed by atoms with van der Waals surface area (Å²) in [6, 6.07) is 16.3. The van der Waals surface area contributed by atoms with Crippen LogP contribution in [-0.4, -0.2) is 212 Å². The smallest absolute Gasteiger partial charge is 0.259 e. The van der Waals surface area contributed by atoms with Gasteiger partial charge in [0.2, 0.25) is 48.6 Å². The molecule has 32 nitrogen and oxygen atoms in total. The zero-order chi connectivity index (χ0) is 60.8. The van der Waals surface area contributed by atoms with Crippen molar-refractivity contribution in [2.24, 2.45) is 0 Å². The summed E-state index contributed by atoms with van der Waals surface area (Å²) in [5.74, 6) is 1.30. The van der Waals surface area contributed by atoms with Gasteiger partial charge in [0.25, 0.3) is 11.8 Å². The van der Waals surface area contributed by atoms with Gasteiger partial charge in [-0.1, -0.05) is 58.3 Å². The van der Waals surface area contributed by atoms with Gasteiger partial charge in [0, 0.05) is 123 Å². The molecular formula is C53H66N26O6S3. The highest BCUT2D eigenvalue weighted by Crippen LogP contribution is 2.32. The lowest BCUT2D eigenvalue weighted by molar-refractivity contribution is -0.126. The largest absolute Gasteiger partial charge is 0.378 e. The van der Waals surface area contributed by atoms with Crippen molar-refractivity contribution in [2.75, 3.05) is 151 Å². The summed E-state index contributed by atoms with van der Waals surface area (Å²) in [6.45, 7) is 8.17. The molecule has 0 radical (unpaired) electrons. The molecule has 0 aliphatic carbocycles. The minimum Gasteiger partial charge on any atom is -0.378 e. The third-order valence-electron chi connectivity index (χ3n) is 14.9. The van der Waals surface area contributed by atoms with E-state index in [2.05, 4.69) is 127 Å². The van der Waals surface area contributed by atoms with Crippen LogP contribution in [0, 0.1) is 0 Å². The second kappa shape index (κ2) is 29.2. The van der Waals surface area contributed by atoms with Crippen LogP contribution in [0.1, 0.15) is 42.6 Å². The third-order valence-corrected chi connectivity index (χ3v) is 17.2. The first-order chi connectivity index (χ1) is 43.1. The molecule has 0 spiro atoms. The lowest BCUT2D eigenvalue weighted by Crippen LogP contribution is -2.51. The first kappa shape index (κ1) is 60.8. The number of nitrogens with one attached hydrogen (secondary N) is 5. The van der Waals surface area contributed by atoms with E-state index >= 15 is 0 Å².